The Morgan fingerprint density at radius 3 is 1.97 bits per heavy atom. The largest absolute Gasteiger partial charge is 0.497 e. The van der Waals surface area contributed by atoms with Crippen LogP contribution in [0.15, 0.2) is 78.9 Å². The predicted molar refractivity (Wildman–Crippen MR) is 133 cm³/mol. The summed E-state index contributed by atoms with van der Waals surface area (Å²) in [6.45, 7) is 5.90. The zero-order valence-corrected chi connectivity index (χ0v) is 19.5. The zero-order chi connectivity index (χ0) is 23.8. The number of hydrogen-bond donors (Lipinski definition) is 3. The molecular formula is C27H31N3O3. The summed E-state index contributed by atoms with van der Waals surface area (Å²) in [5, 5.41) is 9.20. The van der Waals surface area contributed by atoms with Gasteiger partial charge in [-0.05, 0) is 66.9 Å². The van der Waals surface area contributed by atoms with Crippen LogP contribution in [0.2, 0.25) is 0 Å². The lowest BCUT2D eigenvalue weighted by molar-refractivity contribution is -0.118. The molecule has 3 rings (SSSR count). The second kappa shape index (κ2) is 11.2. The molecule has 0 aliphatic heterocycles. The molecule has 0 saturated heterocycles. The number of carbonyl (C=O) groups is 2. The van der Waals surface area contributed by atoms with E-state index in [0.29, 0.717) is 17.0 Å². The van der Waals surface area contributed by atoms with Crippen LogP contribution in [0.25, 0.3) is 0 Å². The molecule has 0 spiro atoms. The van der Waals surface area contributed by atoms with Gasteiger partial charge in [0.15, 0.2) is 0 Å². The van der Waals surface area contributed by atoms with Crippen LogP contribution in [-0.2, 0) is 4.79 Å². The minimum Gasteiger partial charge on any atom is -0.497 e. The fourth-order valence-corrected chi connectivity index (χ4v) is 3.45. The molecule has 172 valence electrons. The fourth-order valence-electron chi connectivity index (χ4n) is 3.45. The van der Waals surface area contributed by atoms with Crippen molar-refractivity contribution < 1.29 is 14.3 Å². The molecular weight excluding hydrogens is 414 g/mol. The van der Waals surface area contributed by atoms with Gasteiger partial charge in [-0.15, -0.1) is 0 Å². The predicted octanol–water partition coefficient (Wildman–Crippen LogP) is 5.26. The molecule has 0 heterocycles. The maximum atomic E-state index is 12.9. The van der Waals surface area contributed by atoms with Gasteiger partial charge < -0.3 is 20.7 Å². The minimum atomic E-state index is -0.671. The Labute approximate surface area is 195 Å². The quantitative estimate of drug-likeness (QED) is 0.420. The van der Waals surface area contributed by atoms with E-state index in [1.165, 1.54) is 5.56 Å². The van der Waals surface area contributed by atoms with Crippen molar-refractivity contribution in [3.63, 3.8) is 0 Å². The fraction of sp³-hybridized carbons (Fsp3) is 0.259. The second-order valence-electron chi connectivity index (χ2n) is 8.27. The van der Waals surface area contributed by atoms with Crippen molar-refractivity contribution in [3.05, 3.63) is 90.0 Å². The van der Waals surface area contributed by atoms with Gasteiger partial charge >= 0.3 is 0 Å². The lowest BCUT2D eigenvalue weighted by Crippen LogP contribution is -2.47. The number of benzene rings is 3. The third kappa shape index (κ3) is 6.59. The van der Waals surface area contributed by atoms with Gasteiger partial charge in [0.2, 0.25) is 5.91 Å². The Morgan fingerprint density at radius 2 is 1.39 bits per heavy atom. The van der Waals surface area contributed by atoms with Crippen molar-refractivity contribution in [1.29, 1.82) is 0 Å². The molecule has 2 amide bonds. The molecule has 6 heteroatoms. The third-order valence-electron chi connectivity index (χ3n) is 5.42. The highest BCUT2D eigenvalue weighted by molar-refractivity contribution is 6.01. The van der Waals surface area contributed by atoms with Crippen LogP contribution in [0.4, 0.5) is 11.4 Å². The number of carbonyl (C=O) groups excluding carboxylic acids is 2. The molecule has 0 saturated carbocycles. The third-order valence-corrected chi connectivity index (χ3v) is 5.42. The number of nitrogens with one attached hydrogen (secondary N) is 3. The minimum absolute atomic E-state index is 0.0835. The Bertz CT molecular complexity index is 1050. The smallest absolute Gasteiger partial charge is 0.251 e. The summed E-state index contributed by atoms with van der Waals surface area (Å²) in [5.74, 6) is 0.0202. The first-order valence-corrected chi connectivity index (χ1v) is 11.0. The number of hydrogen-bond acceptors (Lipinski definition) is 4. The highest BCUT2D eigenvalue weighted by Crippen LogP contribution is 2.21. The van der Waals surface area contributed by atoms with Crippen LogP contribution in [0.3, 0.4) is 0 Å². The molecule has 3 aromatic carbocycles. The Kier molecular flexibility index (Phi) is 8.08. The average Bonchev–Trinajstić information content (AvgIpc) is 2.83. The van der Waals surface area contributed by atoms with E-state index in [1.54, 1.807) is 31.4 Å². The Morgan fingerprint density at radius 1 is 0.788 bits per heavy atom. The van der Waals surface area contributed by atoms with Gasteiger partial charge in [0.1, 0.15) is 11.8 Å². The number of methoxy groups -OCH3 is 1. The molecule has 2 unspecified atom stereocenters. The Balaban J connectivity index is 1.60. The number of amides is 2. The van der Waals surface area contributed by atoms with Crippen LogP contribution in [-0.4, -0.2) is 25.0 Å². The zero-order valence-electron chi connectivity index (χ0n) is 19.5. The monoisotopic (exact) mass is 445 g/mol. The number of ether oxygens (including phenoxy) is 1. The van der Waals surface area contributed by atoms with E-state index >= 15 is 0 Å². The van der Waals surface area contributed by atoms with E-state index in [9.17, 15) is 9.59 Å². The number of anilines is 2. The molecule has 33 heavy (non-hydrogen) atoms. The molecule has 0 aromatic heterocycles. The lowest BCUT2D eigenvalue weighted by Gasteiger charge is -2.22. The summed E-state index contributed by atoms with van der Waals surface area (Å²) in [4.78, 5) is 25.5. The van der Waals surface area contributed by atoms with Crippen LogP contribution in [0, 0.1) is 5.92 Å². The van der Waals surface area contributed by atoms with Crippen molar-refractivity contribution in [2.45, 2.75) is 32.9 Å². The van der Waals surface area contributed by atoms with E-state index in [4.69, 9.17) is 4.74 Å². The molecule has 0 radical (unpaired) electrons. The molecule has 3 aromatic rings. The van der Waals surface area contributed by atoms with Gasteiger partial charge in [-0.3, -0.25) is 9.59 Å². The van der Waals surface area contributed by atoms with Crippen LogP contribution >= 0.6 is 0 Å². The van der Waals surface area contributed by atoms with Crippen LogP contribution in [0.5, 0.6) is 5.75 Å². The van der Waals surface area contributed by atoms with Crippen molar-refractivity contribution in [3.8, 4) is 5.75 Å². The topological polar surface area (TPSA) is 79.5 Å². The first-order valence-electron chi connectivity index (χ1n) is 11.0. The van der Waals surface area contributed by atoms with E-state index < -0.39 is 6.04 Å². The van der Waals surface area contributed by atoms with Crippen LogP contribution in [0.1, 0.15) is 42.7 Å². The highest BCUT2D eigenvalue weighted by atomic mass is 16.5. The molecule has 0 bridgehead atoms. The van der Waals surface area contributed by atoms with Crippen LogP contribution < -0.4 is 20.7 Å². The molecule has 2 atom stereocenters. The number of rotatable bonds is 9. The molecule has 0 aliphatic carbocycles. The molecule has 6 nitrogen and oxygen atoms in total. The first-order chi connectivity index (χ1) is 15.9. The van der Waals surface area contributed by atoms with E-state index in [0.717, 1.165) is 5.69 Å². The summed E-state index contributed by atoms with van der Waals surface area (Å²) in [6, 6.07) is 24.0. The normalized spacial score (nSPS) is 12.5. The first kappa shape index (κ1) is 23.9. The van der Waals surface area contributed by atoms with Gasteiger partial charge in [0.05, 0.1) is 7.11 Å². The van der Waals surface area contributed by atoms with Gasteiger partial charge in [-0.2, -0.15) is 0 Å². The van der Waals surface area contributed by atoms with Crippen molar-refractivity contribution in [1.82, 2.24) is 5.32 Å². The molecule has 0 fully saturated rings. The van der Waals surface area contributed by atoms with Gasteiger partial charge in [0, 0.05) is 23.0 Å². The summed E-state index contributed by atoms with van der Waals surface area (Å²) in [5.41, 5.74) is 3.29. The summed E-state index contributed by atoms with van der Waals surface area (Å²) in [7, 11) is 1.57. The van der Waals surface area contributed by atoms with Crippen molar-refractivity contribution in [2.75, 3.05) is 17.7 Å². The van der Waals surface area contributed by atoms with Gasteiger partial charge in [0.25, 0.3) is 5.91 Å². The Hall–Kier alpha value is -3.80. The summed E-state index contributed by atoms with van der Waals surface area (Å²) < 4.78 is 5.12. The molecule has 3 N–H and O–H groups in total. The van der Waals surface area contributed by atoms with E-state index in [1.807, 2.05) is 56.3 Å². The lowest BCUT2D eigenvalue weighted by atomic mass is 10.0. The maximum absolute atomic E-state index is 12.9. The van der Waals surface area contributed by atoms with Gasteiger partial charge in [-0.25, -0.2) is 0 Å². The summed E-state index contributed by atoms with van der Waals surface area (Å²) >= 11 is 0. The van der Waals surface area contributed by atoms with Crippen molar-refractivity contribution in [2.24, 2.45) is 5.92 Å². The SMILES string of the molecule is COc1ccc(C(=O)NC(C(=O)Nc2ccc(NC(C)c3ccccc3)cc2)C(C)C)cc1. The van der Waals surface area contributed by atoms with Gasteiger partial charge in [-0.1, -0.05) is 44.2 Å². The van der Waals surface area contributed by atoms with E-state index in [-0.39, 0.29) is 23.8 Å². The standard InChI is InChI=1S/C27H31N3O3/c1-18(2)25(30-26(31)21-10-16-24(33-4)17-11-21)27(32)29-23-14-12-22(13-15-23)28-19(3)20-8-6-5-7-9-20/h5-19,25,28H,1-4H3,(H,29,32)(H,30,31). The second-order valence-corrected chi connectivity index (χ2v) is 8.27. The maximum Gasteiger partial charge on any atom is 0.251 e. The average molecular weight is 446 g/mol. The highest BCUT2D eigenvalue weighted by Gasteiger charge is 2.25. The summed E-state index contributed by atoms with van der Waals surface area (Å²) in [6.07, 6.45) is 0. The van der Waals surface area contributed by atoms with E-state index in [2.05, 4.69) is 35.0 Å². The van der Waals surface area contributed by atoms with Crippen molar-refractivity contribution >= 4 is 23.2 Å². The molecule has 0 aliphatic rings.